The van der Waals surface area contributed by atoms with Crippen LogP contribution in [0.15, 0.2) is 39.4 Å². The Balaban J connectivity index is 2.23. The number of carbonyl (C=O) groups is 1. The van der Waals surface area contributed by atoms with Crippen molar-refractivity contribution in [1.82, 2.24) is 9.38 Å². The van der Waals surface area contributed by atoms with Gasteiger partial charge in [-0.3, -0.25) is 9.20 Å². The molecule has 1 atom stereocenters. The third-order valence-corrected chi connectivity index (χ3v) is 6.04. The number of imidazole rings is 1. The fraction of sp³-hybridized carbons (Fsp3) is 0.222. The van der Waals surface area contributed by atoms with E-state index >= 15 is 0 Å². The van der Waals surface area contributed by atoms with Gasteiger partial charge in [-0.2, -0.15) is 0 Å². The summed E-state index contributed by atoms with van der Waals surface area (Å²) in [5.41, 5.74) is 1.73. The van der Waals surface area contributed by atoms with Crippen LogP contribution >= 0.6 is 47.8 Å². The van der Waals surface area contributed by atoms with E-state index < -0.39 is 5.82 Å². The molecule has 26 heavy (non-hydrogen) atoms. The first-order valence-electron chi connectivity index (χ1n) is 7.87. The number of benzene rings is 1. The molecule has 0 aliphatic carbocycles. The Kier molecular flexibility index (Phi) is 5.84. The molecule has 3 aromatic rings. The Morgan fingerprint density at radius 2 is 1.96 bits per heavy atom. The molecule has 1 aromatic carbocycles. The van der Waals surface area contributed by atoms with Gasteiger partial charge >= 0.3 is 0 Å². The molecule has 2 heterocycles. The van der Waals surface area contributed by atoms with E-state index in [2.05, 4.69) is 52.8 Å². The van der Waals surface area contributed by atoms with Crippen molar-refractivity contribution >= 4 is 59.2 Å². The van der Waals surface area contributed by atoms with Crippen molar-refractivity contribution in [2.24, 2.45) is 0 Å². The van der Waals surface area contributed by atoms with Gasteiger partial charge in [0, 0.05) is 11.8 Å². The molecule has 8 heteroatoms. The number of hydrogen-bond donors (Lipinski definition) is 1. The number of alkyl halides is 1. The van der Waals surface area contributed by atoms with Crippen LogP contribution in [0.3, 0.4) is 0 Å². The fourth-order valence-corrected chi connectivity index (χ4v) is 4.67. The van der Waals surface area contributed by atoms with Gasteiger partial charge in [0.2, 0.25) is 5.78 Å². The summed E-state index contributed by atoms with van der Waals surface area (Å²) < 4.78 is 16.1. The molecule has 0 saturated heterocycles. The van der Waals surface area contributed by atoms with Crippen LogP contribution in [0, 0.1) is 5.82 Å². The first-order chi connectivity index (χ1) is 12.3. The molecule has 0 amide bonds. The number of rotatable bonds is 5. The van der Waals surface area contributed by atoms with E-state index in [9.17, 15) is 14.3 Å². The van der Waals surface area contributed by atoms with Gasteiger partial charge in [-0.25, -0.2) is 9.37 Å². The van der Waals surface area contributed by atoms with E-state index in [0.29, 0.717) is 31.5 Å². The number of fused-ring (bicyclic) bond motifs is 1. The SMILES string of the molecule is CCCC(Br)c1nc2ccc(F)cn2c1C(=O)c1cc(Br)c(O)c(Br)c1. The summed E-state index contributed by atoms with van der Waals surface area (Å²) in [5, 5.41) is 9.88. The number of phenolic OH excluding ortho intramolecular Hbond substituents is 1. The maximum atomic E-state index is 13.8. The highest BCUT2D eigenvalue weighted by molar-refractivity contribution is 9.11. The van der Waals surface area contributed by atoms with E-state index in [-0.39, 0.29) is 16.4 Å². The van der Waals surface area contributed by atoms with Gasteiger partial charge in [0.25, 0.3) is 0 Å². The van der Waals surface area contributed by atoms with Crippen LogP contribution < -0.4 is 0 Å². The smallest absolute Gasteiger partial charge is 0.211 e. The van der Waals surface area contributed by atoms with Gasteiger partial charge in [-0.1, -0.05) is 29.3 Å². The third kappa shape index (κ3) is 3.59. The second-order valence-electron chi connectivity index (χ2n) is 5.80. The molecule has 0 saturated carbocycles. The molecule has 0 radical (unpaired) electrons. The minimum absolute atomic E-state index is 0.00955. The number of nitrogens with zero attached hydrogens (tertiary/aromatic N) is 2. The number of hydrogen-bond acceptors (Lipinski definition) is 3. The summed E-state index contributed by atoms with van der Waals surface area (Å²) in [6.07, 6.45) is 2.95. The number of pyridine rings is 1. The average molecular weight is 549 g/mol. The predicted molar refractivity (Wildman–Crippen MR) is 109 cm³/mol. The number of aromatic hydroxyl groups is 1. The first-order valence-corrected chi connectivity index (χ1v) is 10.4. The highest BCUT2D eigenvalue weighted by atomic mass is 79.9. The Labute approximate surface area is 174 Å². The summed E-state index contributed by atoms with van der Waals surface area (Å²) in [7, 11) is 0. The topological polar surface area (TPSA) is 54.6 Å². The zero-order chi connectivity index (χ0) is 19.0. The van der Waals surface area contributed by atoms with Crippen LogP contribution in [0.5, 0.6) is 5.75 Å². The molecule has 0 aliphatic rings. The zero-order valence-corrected chi connectivity index (χ0v) is 18.4. The standard InChI is InChI=1S/C18H14Br3FN2O2/c1-2-3-11(19)15-16(24-8-10(22)4-5-14(24)23-15)17(25)9-6-12(20)18(26)13(21)7-9/h4-8,11,26H,2-3H2,1H3. The lowest BCUT2D eigenvalue weighted by Gasteiger charge is -2.10. The van der Waals surface area contributed by atoms with Crippen LogP contribution in [-0.4, -0.2) is 20.3 Å². The number of ketones is 1. The fourth-order valence-electron chi connectivity index (χ4n) is 2.70. The third-order valence-electron chi connectivity index (χ3n) is 3.94. The Morgan fingerprint density at radius 3 is 2.58 bits per heavy atom. The van der Waals surface area contributed by atoms with Crippen LogP contribution in [0.25, 0.3) is 5.65 Å². The maximum absolute atomic E-state index is 13.8. The number of halogens is 4. The van der Waals surface area contributed by atoms with Crippen LogP contribution in [0.2, 0.25) is 0 Å². The molecular formula is C18H14Br3FN2O2. The predicted octanol–water partition coefficient (Wildman–Crippen LogP) is 6.17. The summed E-state index contributed by atoms with van der Waals surface area (Å²) >= 11 is 10.1. The molecule has 0 spiro atoms. The van der Waals surface area contributed by atoms with Crippen LogP contribution in [0.4, 0.5) is 4.39 Å². The molecule has 2 aromatic heterocycles. The maximum Gasteiger partial charge on any atom is 0.211 e. The van der Waals surface area contributed by atoms with E-state index in [1.807, 2.05) is 6.92 Å². The van der Waals surface area contributed by atoms with Gasteiger partial charge in [-0.15, -0.1) is 0 Å². The largest absolute Gasteiger partial charge is 0.506 e. The molecule has 1 N–H and O–H groups in total. The van der Waals surface area contributed by atoms with Gasteiger partial charge in [-0.05, 0) is 62.5 Å². The lowest BCUT2D eigenvalue weighted by Crippen LogP contribution is -2.10. The second-order valence-corrected chi connectivity index (χ2v) is 8.61. The van der Waals surface area contributed by atoms with Crippen molar-refractivity contribution in [1.29, 1.82) is 0 Å². The van der Waals surface area contributed by atoms with Gasteiger partial charge in [0.05, 0.1) is 19.5 Å². The lowest BCUT2D eigenvalue weighted by atomic mass is 10.0. The molecule has 4 nitrogen and oxygen atoms in total. The van der Waals surface area contributed by atoms with Gasteiger partial charge in [0.15, 0.2) is 0 Å². The number of phenols is 1. The van der Waals surface area contributed by atoms with E-state index in [4.69, 9.17) is 0 Å². The van der Waals surface area contributed by atoms with Crippen molar-refractivity contribution in [3.63, 3.8) is 0 Å². The summed E-state index contributed by atoms with van der Waals surface area (Å²) in [5.74, 6) is -0.749. The Morgan fingerprint density at radius 1 is 1.31 bits per heavy atom. The van der Waals surface area contributed by atoms with Gasteiger partial charge in [0.1, 0.15) is 22.9 Å². The van der Waals surface area contributed by atoms with Crippen molar-refractivity contribution in [2.75, 3.05) is 0 Å². The number of carbonyl (C=O) groups excluding carboxylic acids is 1. The van der Waals surface area contributed by atoms with E-state index in [1.54, 1.807) is 6.07 Å². The van der Waals surface area contributed by atoms with Crippen LogP contribution in [-0.2, 0) is 0 Å². The first kappa shape index (κ1) is 19.5. The molecule has 0 bridgehead atoms. The quantitative estimate of drug-likeness (QED) is 0.306. The minimum Gasteiger partial charge on any atom is -0.506 e. The second kappa shape index (κ2) is 7.78. The average Bonchev–Trinajstić information content (AvgIpc) is 2.97. The zero-order valence-electron chi connectivity index (χ0n) is 13.6. The highest BCUT2D eigenvalue weighted by Crippen LogP contribution is 2.36. The van der Waals surface area contributed by atoms with Crippen molar-refractivity contribution in [3.05, 3.63) is 62.2 Å². The van der Waals surface area contributed by atoms with Crippen LogP contribution in [0.1, 0.15) is 46.3 Å². The molecule has 3 rings (SSSR count). The van der Waals surface area contributed by atoms with Crippen molar-refractivity contribution in [3.8, 4) is 5.75 Å². The minimum atomic E-state index is -0.454. The monoisotopic (exact) mass is 546 g/mol. The van der Waals surface area contributed by atoms with E-state index in [0.717, 1.165) is 12.8 Å². The summed E-state index contributed by atoms with van der Waals surface area (Å²) in [6.45, 7) is 2.04. The molecular weight excluding hydrogens is 535 g/mol. The normalized spacial score (nSPS) is 12.5. The highest BCUT2D eigenvalue weighted by Gasteiger charge is 2.26. The van der Waals surface area contributed by atoms with Gasteiger partial charge < -0.3 is 5.11 Å². The summed E-state index contributed by atoms with van der Waals surface area (Å²) in [4.78, 5) is 17.7. The number of aromatic nitrogens is 2. The summed E-state index contributed by atoms with van der Waals surface area (Å²) in [6, 6.07) is 5.93. The lowest BCUT2D eigenvalue weighted by molar-refractivity contribution is 0.103. The van der Waals surface area contributed by atoms with Crippen molar-refractivity contribution in [2.45, 2.75) is 24.6 Å². The molecule has 0 aliphatic heterocycles. The molecule has 0 fully saturated rings. The molecule has 1 unspecified atom stereocenters. The Hall–Kier alpha value is -1.25. The molecule has 136 valence electrons. The van der Waals surface area contributed by atoms with E-state index in [1.165, 1.54) is 28.8 Å². The van der Waals surface area contributed by atoms with Crippen molar-refractivity contribution < 1.29 is 14.3 Å². The Bertz CT molecular complexity index is 981.